The number of nitrogens with zero attached hydrogens (tertiary/aromatic N) is 3. The molecule has 0 saturated carbocycles. The molecule has 1 aliphatic rings. The summed E-state index contributed by atoms with van der Waals surface area (Å²) >= 11 is 0. The molecule has 1 fully saturated rings. The number of likely N-dealkylation sites (tertiary alicyclic amines) is 1. The molecule has 1 saturated heterocycles. The van der Waals surface area contributed by atoms with Gasteiger partial charge in [0, 0.05) is 36.2 Å². The second kappa shape index (κ2) is 9.84. The fraction of sp³-hybridized carbons (Fsp3) is 0.240. The molecule has 1 aromatic heterocycles. The van der Waals surface area contributed by atoms with Gasteiger partial charge in [-0.25, -0.2) is 4.68 Å². The Labute approximate surface area is 187 Å². The van der Waals surface area contributed by atoms with Crippen molar-refractivity contribution in [3.05, 3.63) is 78.0 Å². The number of hydrogen-bond acceptors (Lipinski definition) is 4. The summed E-state index contributed by atoms with van der Waals surface area (Å²) in [6.07, 6.45) is 3.16. The standard InChI is InChI=1S/C25H24N4O3/c1-32-22-10-8-20(9-11-22)25(31)27-23-13-16-26-29(23)21-14-17-28(18-15-21)24(30)12-7-19-5-3-2-4-6-19/h2-6,8-11,13,16,21H,14-15,17-18H2,1H3,(H,27,31). The number of nitrogens with one attached hydrogen (secondary N) is 1. The molecular weight excluding hydrogens is 404 g/mol. The number of carbonyl (C=O) groups is 2. The molecular formula is C25H24N4O3. The van der Waals surface area contributed by atoms with Gasteiger partial charge in [-0.2, -0.15) is 5.10 Å². The average molecular weight is 428 g/mol. The summed E-state index contributed by atoms with van der Waals surface area (Å²) in [5, 5.41) is 7.34. The van der Waals surface area contributed by atoms with E-state index in [-0.39, 0.29) is 17.9 Å². The second-order valence-electron chi connectivity index (χ2n) is 7.48. The van der Waals surface area contributed by atoms with E-state index in [4.69, 9.17) is 4.74 Å². The molecule has 0 bridgehead atoms. The highest BCUT2D eigenvalue weighted by Crippen LogP contribution is 2.26. The van der Waals surface area contributed by atoms with Crippen LogP contribution in [0.1, 0.15) is 34.8 Å². The topological polar surface area (TPSA) is 76.5 Å². The third-order valence-electron chi connectivity index (χ3n) is 5.45. The Morgan fingerprint density at radius 2 is 1.75 bits per heavy atom. The van der Waals surface area contributed by atoms with Crippen molar-refractivity contribution in [2.45, 2.75) is 18.9 Å². The van der Waals surface area contributed by atoms with Crippen LogP contribution in [0.25, 0.3) is 0 Å². The van der Waals surface area contributed by atoms with Crippen LogP contribution in [0.2, 0.25) is 0 Å². The predicted octanol–water partition coefficient (Wildman–Crippen LogP) is 3.36. The normalized spacial score (nSPS) is 13.7. The van der Waals surface area contributed by atoms with E-state index in [1.165, 1.54) is 0 Å². The Balaban J connectivity index is 1.35. The van der Waals surface area contributed by atoms with Crippen LogP contribution in [0, 0.1) is 11.8 Å². The molecule has 0 radical (unpaired) electrons. The Morgan fingerprint density at radius 1 is 1.03 bits per heavy atom. The number of piperidine rings is 1. The number of anilines is 1. The molecule has 2 amide bonds. The molecule has 0 atom stereocenters. The first-order valence-corrected chi connectivity index (χ1v) is 10.5. The minimum Gasteiger partial charge on any atom is -0.497 e. The molecule has 0 spiro atoms. The van der Waals surface area contributed by atoms with Gasteiger partial charge in [-0.1, -0.05) is 24.1 Å². The monoisotopic (exact) mass is 428 g/mol. The molecule has 1 N–H and O–H groups in total. The smallest absolute Gasteiger partial charge is 0.298 e. The van der Waals surface area contributed by atoms with Gasteiger partial charge in [0.1, 0.15) is 11.6 Å². The van der Waals surface area contributed by atoms with Crippen molar-refractivity contribution < 1.29 is 14.3 Å². The van der Waals surface area contributed by atoms with Crippen LogP contribution in [0.4, 0.5) is 5.82 Å². The Morgan fingerprint density at radius 3 is 2.44 bits per heavy atom. The van der Waals surface area contributed by atoms with Gasteiger partial charge in [0.25, 0.3) is 11.8 Å². The lowest BCUT2D eigenvalue weighted by atomic mass is 10.1. The van der Waals surface area contributed by atoms with Crippen LogP contribution in [0.5, 0.6) is 5.75 Å². The highest BCUT2D eigenvalue weighted by Gasteiger charge is 2.25. The minimum absolute atomic E-state index is 0.0994. The number of aromatic nitrogens is 2. The number of amides is 2. The van der Waals surface area contributed by atoms with Crippen LogP contribution >= 0.6 is 0 Å². The lowest BCUT2D eigenvalue weighted by molar-refractivity contribution is -0.126. The summed E-state index contributed by atoms with van der Waals surface area (Å²) in [5.74, 6) is 6.61. The third-order valence-corrected chi connectivity index (χ3v) is 5.45. The van der Waals surface area contributed by atoms with Gasteiger partial charge in [0.05, 0.1) is 19.3 Å². The number of carbonyl (C=O) groups excluding carboxylic acids is 2. The predicted molar refractivity (Wildman–Crippen MR) is 121 cm³/mol. The lowest BCUT2D eigenvalue weighted by Gasteiger charge is -2.31. The van der Waals surface area contributed by atoms with Crippen molar-refractivity contribution in [3.8, 4) is 17.6 Å². The maximum atomic E-state index is 12.6. The summed E-state index contributed by atoms with van der Waals surface area (Å²) in [4.78, 5) is 26.8. The van der Waals surface area contributed by atoms with Crippen LogP contribution in [0.3, 0.4) is 0 Å². The number of ether oxygens (including phenoxy) is 1. The van der Waals surface area contributed by atoms with E-state index in [1.807, 2.05) is 35.0 Å². The summed E-state index contributed by atoms with van der Waals surface area (Å²) in [5.41, 5.74) is 1.36. The molecule has 0 aliphatic carbocycles. The van der Waals surface area contributed by atoms with Crippen molar-refractivity contribution in [1.82, 2.24) is 14.7 Å². The van der Waals surface area contributed by atoms with E-state index in [9.17, 15) is 9.59 Å². The molecule has 1 aliphatic heterocycles. The van der Waals surface area contributed by atoms with E-state index in [0.29, 0.717) is 30.2 Å². The third kappa shape index (κ3) is 4.98. The zero-order chi connectivity index (χ0) is 22.3. The van der Waals surface area contributed by atoms with Crippen molar-refractivity contribution in [2.75, 3.05) is 25.5 Å². The van der Waals surface area contributed by atoms with E-state index in [1.54, 1.807) is 48.5 Å². The van der Waals surface area contributed by atoms with Gasteiger partial charge in [-0.15, -0.1) is 0 Å². The quantitative estimate of drug-likeness (QED) is 0.647. The van der Waals surface area contributed by atoms with E-state index < -0.39 is 0 Å². The molecule has 162 valence electrons. The molecule has 0 unspecified atom stereocenters. The van der Waals surface area contributed by atoms with Crippen molar-refractivity contribution in [2.24, 2.45) is 0 Å². The molecule has 7 heteroatoms. The van der Waals surface area contributed by atoms with E-state index in [0.717, 1.165) is 18.4 Å². The summed E-state index contributed by atoms with van der Waals surface area (Å²) in [7, 11) is 1.59. The summed E-state index contributed by atoms with van der Waals surface area (Å²) < 4.78 is 6.97. The molecule has 4 rings (SSSR count). The van der Waals surface area contributed by atoms with Crippen molar-refractivity contribution in [1.29, 1.82) is 0 Å². The second-order valence-corrected chi connectivity index (χ2v) is 7.48. The Bertz CT molecular complexity index is 1140. The van der Waals surface area contributed by atoms with Gasteiger partial charge >= 0.3 is 0 Å². The maximum absolute atomic E-state index is 12.6. The lowest BCUT2D eigenvalue weighted by Crippen LogP contribution is -2.38. The fourth-order valence-electron chi connectivity index (χ4n) is 3.67. The number of benzene rings is 2. The fourth-order valence-corrected chi connectivity index (χ4v) is 3.67. The largest absolute Gasteiger partial charge is 0.497 e. The Kier molecular flexibility index (Phi) is 6.52. The maximum Gasteiger partial charge on any atom is 0.298 e. The van der Waals surface area contributed by atoms with Gasteiger partial charge in [-0.3, -0.25) is 9.59 Å². The van der Waals surface area contributed by atoms with Crippen molar-refractivity contribution >= 4 is 17.6 Å². The highest BCUT2D eigenvalue weighted by molar-refractivity contribution is 6.03. The van der Waals surface area contributed by atoms with Crippen LogP contribution in [-0.4, -0.2) is 46.7 Å². The van der Waals surface area contributed by atoms with Crippen molar-refractivity contribution in [3.63, 3.8) is 0 Å². The van der Waals surface area contributed by atoms with Crippen LogP contribution < -0.4 is 10.1 Å². The first-order valence-electron chi connectivity index (χ1n) is 10.5. The number of rotatable bonds is 4. The minimum atomic E-state index is -0.210. The first-order chi connectivity index (χ1) is 15.6. The zero-order valence-corrected chi connectivity index (χ0v) is 17.8. The molecule has 32 heavy (non-hydrogen) atoms. The van der Waals surface area contributed by atoms with Gasteiger partial charge in [0.2, 0.25) is 0 Å². The summed E-state index contributed by atoms with van der Waals surface area (Å²) in [6, 6.07) is 18.3. The highest BCUT2D eigenvalue weighted by atomic mass is 16.5. The average Bonchev–Trinajstić information content (AvgIpc) is 3.31. The van der Waals surface area contributed by atoms with E-state index in [2.05, 4.69) is 22.3 Å². The Hall–Kier alpha value is -4.05. The first kappa shape index (κ1) is 21.2. The van der Waals surface area contributed by atoms with Gasteiger partial charge in [0.15, 0.2) is 0 Å². The SMILES string of the molecule is COc1ccc(C(=O)Nc2ccnn2C2CCN(C(=O)C#Cc3ccccc3)CC2)cc1. The number of methoxy groups -OCH3 is 1. The van der Waals surface area contributed by atoms with Crippen LogP contribution in [-0.2, 0) is 4.79 Å². The molecule has 2 aromatic carbocycles. The molecule has 2 heterocycles. The molecule has 7 nitrogen and oxygen atoms in total. The molecule has 3 aromatic rings. The van der Waals surface area contributed by atoms with E-state index >= 15 is 0 Å². The number of hydrogen-bond donors (Lipinski definition) is 1. The van der Waals surface area contributed by atoms with Crippen LogP contribution in [0.15, 0.2) is 66.9 Å². The van der Waals surface area contributed by atoms with Gasteiger partial charge in [-0.05, 0) is 49.2 Å². The van der Waals surface area contributed by atoms with Gasteiger partial charge < -0.3 is 15.0 Å². The zero-order valence-electron chi connectivity index (χ0n) is 17.8. The summed E-state index contributed by atoms with van der Waals surface area (Å²) in [6.45, 7) is 1.19.